The standard InChI is InChI=1S/C16H31BO2/c1-11(2)13-9-8-12(3)10-14(13)17-18-15(4,5)16(6,7)19-17/h11-14H,8-10H2,1-7H3/t12-,13+,14?/m1/s1. The summed E-state index contributed by atoms with van der Waals surface area (Å²) in [5.74, 6) is 2.83. The van der Waals surface area contributed by atoms with Gasteiger partial charge >= 0.3 is 7.12 Å². The maximum atomic E-state index is 6.31. The molecule has 2 fully saturated rings. The number of rotatable bonds is 2. The first-order chi connectivity index (χ1) is 8.64. The molecule has 1 saturated heterocycles. The van der Waals surface area contributed by atoms with E-state index in [2.05, 4.69) is 48.5 Å². The van der Waals surface area contributed by atoms with Crippen molar-refractivity contribution >= 4 is 7.12 Å². The Bertz CT molecular complexity index is 309. The van der Waals surface area contributed by atoms with E-state index in [9.17, 15) is 0 Å². The lowest BCUT2D eigenvalue weighted by molar-refractivity contribution is 0.00578. The monoisotopic (exact) mass is 266 g/mol. The van der Waals surface area contributed by atoms with Crippen LogP contribution < -0.4 is 0 Å². The molecule has 1 saturated carbocycles. The molecule has 0 bridgehead atoms. The van der Waals surface area contributed by atoms with E-state index in [1.807, 2.05) is 0 Å². The highest BCUT2D eigenvalue weighted by atomic mass is 16.7. The lowest BCUT2D eigenvalue weighted by Gasteiger charge is -2.38. The van der Waals surface area contributed by atoms with Crippen molar-refractivity contribution in [1.29, 1.82) is 0 Å². The average molecular weight is 266 g/mol. The van der Waals surface area contributed by atoms with E-state index >= 15 is 0 Å². The first-order valence-electron chi connectivity index (χ1n) is 7.99. The van der Waals surface area contributed by atoms with Crippen LogP contribution in [0, 0.1) is 17.8 Å². The highest BCUT2D eigenvalue weighted by Gasteiger charge is 2.55. The summed E-state index contributed by atoms with van der Waals surface area (Å²) in [6, 6.07) is 0. The largest absolute Gasteiger partial charge is 0.461 e. The first-order valence-corrected chi connectivity index (χ1v) is 7.99. The molecule has 2 nitrogen and oxygen atoms in total. The fraction of sp³-hybridized carbons (Fsp3) is 1.00. The molecule has 2 rings (SSSR count). The quantitative estimate of drug-likeness (QED) is 0.683. The Morgan fingerprint density at radius 1 is 1.00 bits per heavy atom. The van der Waals surface area contributed by atoms with Crippen LogP contribution in [0.15, 0.2) is 0 Å². The molecular weight excluding hydrogens is 235 g/mol. The Labute approximate surface area is 119 Å². The van der Waals surface area contributed by atoms with Crippen molar-refractivity contribution in [3.05, 3.63) is 0 Å². The van der Waals surface area contributed by atoms with Crippen molar-refractivity contribution in [2.45, 2.75) is 84.7 Å². The molecule has 0 aromatic carbocycles. The van der Waals surface area contributed by atoms with Crippen LogP contribution in [0.25, 0.3) is 0 Å². The second kappa shape index (κ2) is 5.07. The van der Waals surface area contributed by atoms with Crippen LogP contribution >= 0.6 is 0 Å². The zero-order valence-electron chi connectivity index (χ0n) is 13.8. The molecule has 1 aliphatic carbocycles. The second-order valence-electron chi connectivity index (χ2n) is 8.11. The number of hydrogen-bond donors (Lipinski definition) is 0. The SMILES string of the molecule is CC(C)[C@@H]1CC[C@@H](C)CC1B1OC(C)(C)C(C)(C)O1. The van der Waals surface area contributed by atoms with E-state index in [1.54, 1.807) is 0 Å². The van der Waals surface area contributed by atoms with Gasteiger partial charge in [0, 0.05) is 0 Å². The van der Waals surface area contributed by atoms with Gasteiger partial charge in [-0.3, -0.25) is 0 Å². The molecule has 1 aliphatic heterocycles. The van der Waals surface area contributed by atoms with Gasteiger partial charge in [0.1, 0.15) is 0 Å². The van der Waals surface area contributed by atoms with E-state index in [0.717, 1.165) is 17.8 Å². The predicted molar refractivity (Wildman–Crippen MR) is 81.2 cm³/mol. The molecular formula is C16H31BO2. The Balaban J connectivity index is 2.15. The third kappa shape index (κ3) is 2.87. The molecule has 110 valence electrons. The van der Waals surface area contributed by atoms with Gasteiger partial charge in [-0.05, 0) is 57.7 Å². The molecule has 0 aromatic heterocycles. The molecule has 1 heterocycles. The van der Waals surface area contributed by atoms with Gasteiger partial charge in [0.15, 0.2) is 0 Å². The molecule has 3 heteroatoms. The van der Waals surface area contributed by atoms with Crippen LogP contribution in [-0.4, -0.2) is 18.3 Å². The second-order valence-corrected chi connectivity index (χ2v) is 8.11. The molecule has 1 unspecified atom stereocenters. The van der Waals surface area contributed by atoms with Gasteiger partial charge in [0.2, 0.25) is 0 Å². The van der Waals surface area contributed by atoms with E-state index in [1.165, 1.54) is 19.3 Å². The topological polar surface area (TPSA) is 18.5 Å². The highest BCUT2D eigenvalue weighted by Crippen LogP contribution is 2.49. The van der Waals surface area contributed by atoms with Crippen LogP contribution in [0.4, 0.5) is 0 Å². The van der Waals surface area contributed by atoms with Crippen molar-refractivity contribution in [3.8, 4) is 0 Å². The Morgan fingerprint density at radius 3 is 2.00 bits per heavy atom. The van der Waals surface area contributed by atoms with Gasteiger partial charge in [0.05, 0.1) is 11.2 Å². The van der Waals surface area contributed by atoms with Crippen LogP contribution in [0.1, 0.15) is 67.7 Å². The summed E-state index contributed by atoms with van der Waals surface area (Å²) < 4.78 is 12.6. The molecule has 0 radical (unpaired) electrons. The maximum Gasteiger partial charge on any atom is 0.461 e. The lowest BCUT2D eigenvalue weighted by Crippen LogP contribution is -2.41. The van der Waals surface area contributed by atoms with Crippen molar-refractivity contribution in [2.75, 3.05) is 0 Å². The normalized spacial score (nSPS) is 37.9. The van der Waals surface area contributed by atoms with Crippen LogP contribution in [0.2, 0.25) is 5.82 Å². The smallest absolute Gasteiger partial charge is 0.403 e. The molecule has 3 atom stereocenters. The summed E-state index contributed by atoms with van der Waals surface area (Å²) in [6.07, 6.45) is 3.94. The fourth-order valence-electron chi connectivity index (χ4n) is 3.65. The van der Waals surface area contributed by atoms with Gasteiger partial charge in [-0.15, -0.1) is 0 Å². The summed E-state index contributed by atoms with van der Waals surface area (Å²) in [5.41, 5.74) is -0.389. The Morgan fingerprint density at radius 2 is 1.53 bits per heavy atom. The van der Waals surface area contributed by atoms with Crippen LogP contribution in [0.5, 0.6) is 0 Å². The Hall–Kier alpha value is -0.0151. The summed E-state index contributed by atoms with van der Waals surface area (Å²) in [5, 5.41) is 0. The summed E-state index contributed by atoms with van der Waals surface area (Å²) >= 11 is 0. The molecule has 0 amide bonds. The number of hydrogen-bond acceptors (Lipinski definition) is 2. The third-order valence-electron chi connectivity index (χ3n) is 5.69. The van der Waals surface area contributed by atoms with Crippen molar-refractivity contribution in [1.82, 2.24) is 0 Å². The van der Waals surface area contributed by atoms with Crippen LogP contribution in [0.3, 0.4) is 0 Å². The fourth-order valence-corrected chi connectivity index (χ4v) is 3.65. The van der Waals surface area contributed by atoms with E-state index < -0.39 is 0 Å². The van der Waals surface area contributed by atoms with E-state index in [0.29, 0.717) is 5.82 Å². The highest BCUT2D eigenvalue weighted by molar-refractivity contribution is 6.47. The summed E-state index contributed by atoms with van der Waals surface area (Å²) in [7, 11) is -0.0138. The molecule has 19 heavy (non-hydrogen) atoms. The first kappa shape index (κ1) is 15.4. The minimum Gasteiger partial charge on any atom is -0.403 e. The van der Waals surface area contributed by atoms with E-state index in [4.69, 9.17) is 9.31 Å². The minimum absolute atomic E-state index is 0.0138. The maximum absolute atomic E-state index is 6.31. The van der Waals surface area contributed by atoms with Gasteiger partial charge in [-0.1, -0.05) is 33.6 Å². The molecule has 2 aliphatic rings. The van der Waals surface area contributed by atoms with Crippen molar-refractivity contribution < 1.29 is 9.31 Å². The van der Waals surface area contributed by atoms with Gasteiger partial charge < -0.3 is 9.31 Å². The van der Waals surface area contributed by atoms with Gasteiger partial charge in [-0.25, -0.2) is 0 Å². The molecule has 0 spiro atoms. The molecule has 0 aromatic rings. The molecule has 0 N–H and O–H groups in total. The third-order valence-corrected chi connectivity index (χ3v) is 5.69. The van der Waals surface area contributed by atoms with Gasteiger partial charge in [0.25, 0.3) is 0 Å². The average Bonchev–Trinajstić information content (AvgIpc) is 2.47. The lowest BCUT2D eigenvalue weighted by atomic mass is 9.55. The van der Waals surface area contributed by atoms with Crippen molar-refractivity contribution in [2.24, 2.45) is 17.8 Å². The predicted octanol–water partition coefficient (Wildman–Crippen LogP) is 4.54. The van der Waals surface area contributed by atoms with Crippen LogP contribution in [-0.2, 0) is 9.31 Å². The minimum atomic E-state index is -0.195. The Kier molecular flexibility index (Phi) is 4.10. The van der Waals surface area contributed by atoms with Crippen molar-refractivity contribution in [3.63, 3.8) is 0 Å². The van der Waals surface area contributed by atoms with Gasteiger partial charge in [-0.2, -0.15) is 0 Å². The summed E-state index contributed by atoms with van der Waals surface area (Å²) in [4.78, 5) is 0. The zero-order valence-corrected chi connectivity index (χ0v) is 13.8. The zero-order chi connectivity index (χ0) is 14.4. The summed E-state index contributed by atoms with van der Waals surface area (Å²) in [6.45, 7) is 15.7. The van der Waals surface area contributed by atoms with E-state index in [-0.39, 0.29) is 18.3 Å².